The molecule has 3 rings (SSSR count). The molecular formula is C15H13N3O3. The molecule has 0 saturated carbocycles. The number of carbonyl (C=O) groups is 1. The van der Waals surface area contributed by atoms with Crippen LogP contribution in [0.1, 0.15) is 16.1 Å². The number of carboxylic acid groups (broad SMARTS) is 1. The molecule has 1 aromatic carbocycles. The number of furan rings is 1. The summed E-state index contributed by atoms with van der Waals surface area (Å²) >= 11 is 0. The first kappa shape index (κ1) is 13.0. The van der Waals surface area contributed by atoms with Gasteiger partial charge in [-0.1, -0.05) is 12.1 Å². The van der Waals surface area contributed by atoms with Crippen molar-refractivity contribution in [3.63, 3.8) is 0 Å². The lowest BCUT2D eigenvalue weighted by Gasteiger charge is -2.10. The smallest absolute Gasteiger partial charge is 0.338 e. The molecule has 0 saturated heterocycles. The molecule has 3 aromatic rings. The Morgan fingerprint density at radius 1 is 1.33 bits per heavy atom. The molecule has 0 aliphatic carbocycles. The van der Waals surface area contributed by atoms with Crippen LogP contribution in [0.2, 0.25) is 0 Å². The monoisotopic (exact) mass is 283 g/mol. The van der Waals surface area contributed by atoms with Crippen molar-refractivity contribution in [2.75, 3.05) is 5.32 Å². The molecule has 2 heterocycles. The normalized spacial score (nSPS) is 10.5. The Hall–Kier alpha value is -3.02. The van der Waals surface area contributed by atoms with Crippen LogP contribution in [0.25, 0.3) is 5.69 Å². The number of para-hydroxylation sites is 2. The van der Waals surface area contributed by atoms with Gasteiger partial charge in [0.1, 0.15) is 12.0 Å². The van der Waals surface area contributed by atoms with Crippen molar-refractivity contribution >= 4 is 11.7 Å². The Morgan fingerprint density at radius 2 is 2.19 bits per heavy atom. The molecule has 6 heteroatoms. The van der Waals surface area contributed by atoms with Gasteiger partial charge in [-0.3, -0.25) is 0 Å². The summed E-state index contributed by atoms with van der Waals surface area (Å²) in [5.41, 5.74) is 1.94. The fourth-order valence-electron chi connectivity index (χ4n) is 2.00. The first-order chi connectivity index (χ1) is 10.2. The number of carboxylic acids is 1. The molecular weight excluding hydrogens is 270 g/mol. The first-order valence-corrected chi connectivity index (χ1v) is 6.37. The maximum Gasteiger partial charge on any atom is 0.338 e. The molecule has 21 heavy (non-hydrogen) atoms. The lowest BCUT2D eigenvalue weighted by molar-refractivity contribution is 0.0696. The minimum absolute atomic E-state index is 0.146. The van der Waals surface area contributed by atoms with E-state index in [-0.39, 0.29) is 5.56 Å². The number of hydrogen-bond acceptors (Lipinski definition) is 4. The Balaban J connectivity index is 1.77. The lowest BCUT2D eigenvalue weighted by atomic mass is 10.2. The highest BCUT2D eigenvalue weighted by Crippen LogP contribution is 2.20. The average molecular weight is 283 g/mol. The highest BCUT2D eigenvalue weighted by Gasteiger charge is 2.09. The van der Waals surface area contributed by atoms with Crippen molar-refractivity contribution in [2.45, 2.75) is 6.54 Å². The van der Waals surface area contributed by atoms with Crippen LogP contribution in [0.5, 0.6) is 0 Å². The molecule has 0 aliphatic rings. The minimum atomic E-state index is -0.998. The van der Waals surface area contributed by atoms with Crippen molar-refractivity contribution < 1.29 is 14.3 Å². The van der Waals surface area contributed by atoms with Gasteiger partial charge in [-0.25, -0.2) is 9.48 Å². The molecule has 106 valence electrons. The predicted molar refractivity (Wildman–Crippen MR) is 76.6 cm³/mol. The van der Waals surface area contributed by atoms with Crippen LogP contribution in [-0.2, 0) is 6.54 Å². The van der Waals surface area contributed by atoms with Gasteiger partial charge < -0.3 is 14.8 Å². The largest absolute Gasteiger partial charge is 0.478 e. The van der Waals surface area contributed by atoms with E-state index in [0.717, 1.165) is 11.4 Å². The van der Waals surface area contributed by atoms with Crippen molar-refractivity contribution in [1.29, 1.82) is 0 Å². The molecule has 0 amide bonds. The molecule has 0 spiro atoms. The molecule has 2 N–H and O–H groups in total. The molecule has 0 bridgehead atoms. The van der Waals surface area contributed by atoms with Crippen molar-refractivity contribution in [3.05, 3.63) is 66.4 Å². The summed E-state index contributed by atoms with van der Waals surface area (Å²) < 4.78 is 6.97. The van der Waals surface area contributed by atoms with Crippen LogP contribution >= 0.6 is 0 Å². The van der Waals surface area contributed by atoms with Gasteiger partial charge in [-0.2, -0.15) is 5.10 Å². The van der Waals surface area contributed by atoms with Gasteiger partial charge in [0.15, 0.2) is 0 Å². The molecule has 0 radical (unpaired) electrons. The van der Waals surface area contributed by atoms with Crippen LogP contribution in [0.15, 0.2) is 59.5 Å². The third kappa shape index (κ3) is 2.79. The van der Waals surface area contributed by atoms with E-state index in [0.29, 0.717) is 12.3 Å². The summed E-state index contributed by atoms with van der Waals surface area (Å²) in [5, 5.41) is 16.3. The van der Waals surface area contributed by atoms with Gasteiger partial charge in [-0.15, -0.1) is 0 Å². The van der Waals surface area contributed by atoms with E-state index in [1.165, 1.54) is 12.3 Å². The quantitative estimate of drug-likeness (QED) is 0.752. The van der Waals surface area contributed by atoms with Crippen molar-refractivity contribution in [2.24, 2.45) is 0 Å². The molecule has 6 nitrogen and oxygen atoms in total. The Kier molecular flexibility index (Phi) is 3.42. The highest BCUT2D eigenvalue weighted by molar-refractivity contribution is 5.87. The number of hydrogen-bond donors (Lipinski definition) is 2. The van der Waals surface area contributed by atoms with Gasteiger partial charge in [-0.05, 0) is 24.3 Å². The lowest BCUT2D eigenvalue weighted by Crippen LogP contribution is -2.04. The van der Waals surface area contributed by atoms with Crippen LogP contribution in [0, 0.1) is 0 Å². The summed E-state index contributed by atoms with van der Waals surface area (Å²) in [6.07, 6.45) is 4.80. The van der Waals surface area contributed by atoms with E-state index in [1.54, 1.807) is 10.9 Å². The van der Waals surface area contributed by atoms with Crippen molar-refractivity contribution in [1.82, 2.24) is 9.78 Å². The fraction of sp³-hybridized carbons (Fsp3) is 0.0667. The number of nitrogens with zero attached hydrogens (tertiary/aromatic N) is 2. The number of rotatable bonds is 5. The number of anilines is 1. The SMILES string of the molecule is O=C(O)c1coc(CNc2ccccc2-n2cccn2)c1. The average Bonchev–Trinajstić information content (AvgIpc) is 3.17. The molecule has 0 atom stereocenters. The topological polar surface area (TPSA) is 80.3 Å². The Morgan fingerprint density at radius 3 is 2.90 bits per heavy atom. The van der Waals surface area contributed by atoms with Gasteiger partial charge >= 0.3 is 5.97 Å². The van der Waals surface area contributed by atoms with Crippen molar-refractivity contribution in [3.8, 4) is 5.69 Å². The second-order valence-corrected chi connectivity index (χ2v) is 4.43. The van der Waals surface area contributed by atoms with Gasteiger partial charge in [0.2, 0.25) is 0 Å². The third-order valence-corrected chi connectivity index (χ3v) is 3.01. The van der Waals surface area contributed by atoms with Gasteiger partial charge in [0.25, 0.3) is 0 Å². The molecule has 0 unspecified atom stereocenters. The summed E-state index contributed by atoms with van der Waals surface area (Å²) in [6.45, 7) is 0.394. The summed E-state index contributed by atoms with van der Waals surface area (Å²) in [7, 11) is 0. The van der Waals surface area contributed by atoms with Crippen LogP contribution in [-0.4, -0.2) is 20.9 Å². The number of aromatic nitrogens is 2. The van der Waals surface area contributed by atoms with E-state index in [2.05, 4.69) is 10.4 Å². The second kappa shape index (κ2) is 5.54. The van der Waals surface area contributed by atoms with E-state index in [1.807, 2.05) is 36.5 Å². The van der Waals surface area contributed by atoms with E-state index in [9.17, 15) is 4.79 Å². The summed E-state index contributed by atoms with van der Waals surface area (Å²) in [4.78, 5) is 10.8. The second-order valence-electron chi connectivity index (χ2n) is 4.43. The standard InChI is InChI=1S/C15H13N3O3/c19-15(20)11-8-12(21-10-11)9-16-13-4-1-2-5-14(13)18-7-3-6-17-18/h1-8,10,16H,9H2,(H,19,20). The number of benzene rings is 1. The van der Waals surface area contributed by atoms with Crippen LogP contribution in [0.3, 0.4) is 0 Å². The Labute approximate surface area is 120 Å². The van der Waals surface area contributed by atoms with Gasteiger partial charge in [0, 0.05) is 12.4 Å². The first-order valence-electron chi connectivity index (χ1n) is 6.37. The van der Waals surface area contributed by atoms with E-state index in [4.69, 9.17) is 9.52 Å². The number of nitrogens with one attached hydrogen (secondary N) is 1. The fourth-order valence-corrected chi connectivity index (χ4v) is 2.00. The molecule has 0 fully saturated rings. The van der Waals surface area contributed by atoms with Crippen LogP contribution < -0.4 is 5.32 Å². The highest BCUT2D eigenvalue weighted by atomic mass is 16.4. The predicted octanol–water partition coefficient (Wildman–Crippen LogP) is 2.78. The summed E-state index contributed by atoms with van der Waals surface area (Å²) in [6, 6.07) is 11.1. The molecule has 0 aliphatic heterocycles. The maximum atomic E-state index is 10.8. The summed E-state index contributed by atoms with van der Waals surface area (Å²) in [5.74, 6) is -0.440. The zero-order valence-electron chi connectivity index (χ0n) is 11.1. The Bertz CT molecular complexity index is 747. The molecule has 2 aromatic heterocycles. The maximum absolute atomic E-state index is 10.8. The zero-order chi connectivity index (χ0) is 14.7. The third-order valence-electron chi connectivity index (χ3n) is 3.01. The van der Waals surface area contributed by atoms with E-state index < -0.39 is 5.97 Å². The van der Waals surface area contributed by atoms with Gasteiger partial charge in [0.05, 0.1) is 23.5 Å². The minimum Gasteiger partial charge on any atom is -0.478 e. The van der Waals surface area contributed by atoms with E-state index >= 15 is 0 Å². The number of aromatic carboxylic acids is 1. The zero-order valence-corrected chi connectivity index (χ0v) is 11.1. The van der Waals surface area contributed by atoms with Crippen LogP contribution in [0.4, 0.5) is 5.69 Å².